The van der Waals surface area contributed by atoms with Gasteiger partial charge in [0.2, 0.25) is 0 Å². The fourth-order valence-corrected chi connectivity index (χ4v) is 6.38. The van der Waals surface area contributed by atoms with Crippen molar-refractivity contribution in [1.82, 2.24) is 4.90 Å². The molecule has 0 radical (unpaired) electrons. The van der Waals surface area contributed by atoms with Crippen LogP contribution in [-0.2, 0) is 6.42 Å². The molecule has 0 bridgehead atoms. The zero-order valence-electron chi connectivity index (χ0n) is 28.6. The Morgan fingerprint density at radius 1 is 0.636 bits per heavy atom. The number of nitrogens with two attached hydrogens (primary N) is 1. The fourth-order valence-electron chi connectivity index (χ4n) is 6.38. The van der Waals surface area contributed by atoms with Crippen LogP contribution >= 0.6 is 0 Å². The second-order valence-corrected chi connectivity index (χ2v) is 13.1. The Bertz CT molecular complexity index is 791. The average Bonchev–Trinajstić information content (AvgIpc) is 2.98. The monoisotopic (exact) mass is 624 g/mol. The van der Waals surface area contributed by atoms with E-state index in [1.807, 2.05) is 0 Å². The Hall–Kier alpha value is -1.56. The second-order valence-electron chi connectivity index (χ2n) is 13.1. The lowest BCUT2D eigenvalue weighted by Crippen LogP contribution is -2.39. The molecule has 0 aromatic heterocycles. The average molecular weight is 624 g/mol. The topological polar surface area (TPSA) is 53.1 Å². The maximum Gasteiger partial charge on any atom is 0.389 e. The van der Waals surface area contributed by atoms with Crippen LogP contribution in [0.3, 0.4) is 0 Å². The minimum atomic E-state index is -4.03. The van der Waals surface area contributed by atoms with Crippen LogP contribution in [0.15, 0.2) is 24.3 Å². The van der Waals surface area contributed by atoms with Crippen LogP contribution in [0.4, 0.5) is 13.2 Å². The molecule has 1 rings (SSSR count). The molecule has 3 nitrogen and oxygen atoms in total. The number of halogens is 3. The summed E-state index contributed by atoms with van der Waals surface area (Å²) < 4.78 is 37.0. The normalized spacial score (nSPS) is 12.7. The number of benzene rings is 1. The Kier molecular flexibility index (Phi) is 24.5. The fraction of sp³-hybridized carbons (Fsp3) is 0.816. The minimum absolute atomic E-state index is 0.172. The maximum absolute atomic E-state index is 12.3. The molecule has 0 fully saturated rings. The number of rotatable bonds is 30. The first kappa shape index (κ1) is 40.5. The molecule has 0 aliphatic heterocycles. The van der Waals surface area contributed by atoms with Gasteiger partial charge in [0, 0.05) is 6.42 Å². The zero-order valence-corrected chi connectivity index (χ0v) is 28.6. The van der Waals surface area contributed by atoms with E-state index in [1.54, 1.807) is 0 Å². The molecule has 44 heavy (non-hydrogen) atoms. The number of hydrogen-bond donors (Lipinski definition) is 2. The number of hydrogen-bond acceptors (Lipinski definition) is 2. The Labute approximate surface area is 269 Å². The van der Waals surface area contributed by atoms with Gasteiger partial charge in [0.1, 0.15) is 5.84 Å². The van der Waals surface area contributed by atoms with Gasteiger partial charge in [-0.1, -0.05) is 160 Å². The lowest BCUT2D eigenvalue weighted by molar-refractivity contribution is -0.135. The van der Waals surface area contributed by atoms with Gasteiger partial charge in [-0.25, -0.2) is 0 Å². The summed E-state index contributed by atoms with van der Waals surface area (Å²) in [6.07, 6.45) is 22.9. The molecule has 0 heterocycles. The van der Waals surface area contributed by atoms with Gasteiger partial charge >= 0.3 is 6.18 Å². The van der Waals surface area contributed by atoms with Crippen molar-refractivity contribution < 1.29 is 13.2 Å². The highest BCUT2D eigenvalue weighted by atomic mass is 19.4. The van der Waals surface area contributed by atoms with Crippen LogP contribution in [-0.4, -0.2) is 30.0 Å². The quantitative estimate of drug-likeness (QED) is 0.0509. The van der Waals surface area contributed by atoms with Gasteiger partial charge in [-0.2, -0.15) is 13.2 Å². The van der Waals surface area contributed by atoms with E-state index in [0.717, 1.165) is 64.5 Å². The Morgan fingerprint density at radius 2 is 1.05 bits per heavy atom. The van der Waals surface area contributed by atoms with Crippen LogP contribution < -0.4 is 5.73 Å². The number of unbranched alkanes of at least 4 members (excludes halogenated alkanes) is 20. The van der Waals surface area contributed by atoms with Crippen molar-refractivity contribution in [3.8, 4) is 0 Å². The largest absolute Gasteiger partial charge is 0.389 e. The lowest BCUT2D eigenvalue weighted by Gasteiger charge is -2.33. The first-order valence-electron chi connectivity index (χ1n) is 18.5. The van der Waals surface area contributed by atoms with Crippen LogP contribution in [0.5, 0.6) is 0 Å². The number of nitrogens with one attached hydrogen (secondary N) is 1. The number of amidine groups is 1. The van der Waals surface area contributed by atoms with E-state index in [4.69, 9.17) is 11.1 Å². The maximum atomic E-state index is 12.3. The van der Waals surface area contributed by atoms with Crippen molar-refractivity contribution in [2.75, 3.05) is 13.1 Å². The highest BCUT2D eigenvalue weighted by Crippen LogP contribution is 2.28. The summed E-state index contributed by atoms with van der Waals surface area (Å²) in [5, 5.41) is 8.67. The number of nitrogens with zero attached hydrogens (tertiary/aromatic N) is 1. The van der Waals surface area contributed by atoms with E-state index in [-0.39, 0.29) is 18.3 Å². The predicted molar refractivity (Wildman–Crippen MR) is 185 cm³/mol. The van der Waals surface area contributed by atoms with E-state index < -0.39 is 12.6 Å². The molecular weight excluding hydrogens is 555 g/mol. The minimum Gasteiger partial charge on any atom is -0.386 e. The molecule has 0 saturated heterocycles. The van der Waals surface area contributed by atoms with Crippen LogP contribution in [0, 0.1) is 5.41 Å². The van der Waals surface area contributed by atoms with Crippen molar-refractivity contribution in [3.63, 3.8) is 0 Å². The van der Waals surface area contributed by atoms with Crippen LogP contribution in [0.2, 0.25) is 0 Å². The molecule has 0 saturated carbocycles. The summed E-state index contributed by atoms with van der Waals surface area (Å²) in [4.78, 5) is 2.50. The van der Waals surface area contributed by atoms with Gasteiger partial charge in [0.05, 0.1) is 6.04 Å². The lowest BCUT2D eigenvalue weighted by atomic mass is 9.93. The molecule has 1 aromatic rings. The summed E-state index contributed by atoms with van der Waals surface area (Å²) in [5.74, 6) is 0.246. The van der Waals surface area contributed by atoms with Crippen molar-refractivity contribution in [1.29, 1.82) is 5.41 Å². The molecule has 0 aliphatic rings. The summed E-state index contributed by atoms with van der Waals surface area (Å²) in [6, 6.07) is 8.39. The number of aryl methyl sites for hydroxylation is 1. The zero-order chi connectivity index (χ0) is 32.3. The smallest absolute Gasteiger partial charge is 0.386 e. The third-order valence-electron chi connectivity index (χ3n) is 9.01. The summed E-state index contributed by atoms with van der Waals surface area (Å²) in [6.45, 7) is 6.50. The molecule has 0 spiro atoms. The van der Waals surface area contributed by atoms with Crippen molar-refractivity contribution in [3.05, 3.63) is 35.4 Å². The molecule has 1 unspecified atom stereocenters. The first-order chi connectivity index (χ1) is 21.3. The third kappa shape index (κ3) is 21.2. The van der Waals surface area contributed by atoms with E-state index in [9.17, 15) is 13.2 Å². The molecule has 6 heteroatoms. The Morgan fingerprint density at radius 3 is 1.50 bits per heavy atom. The van der Waals surface area contributed by atoms with Crippen LogP contribution in [0.25, 0.3) is 0 Å². The molecule has 0 amide bonds. The standard InChI is InChI=1S/C38H68F3N3/c1-3-5-7-9-11-16-20-26-32-44(33-27-21-17-12-10-8-6-4-2)36(37(42)43)35-30-24-23-29-34(35)28-22-18-14-13-15-19-25-31-38(39,40)41/h23-24,29-30,36H,3-22,25-28,31-33H2,1-2H3,(H3,42,43). The first-order valence-corrected chi connectivity index (χ1v) is 18.5. The van der Waals surface area contributed by atoms with Crippen molar-refractivity contribution in [2.45, 2.75) is 187 Å². The number of alkyl halides is 3. The molecule has 1 atom stereocenters. The van der Waals surface area contributed by atoms with Gasteiger partial charge in [0.25, 0.3) is 0 Å². The van der Waals surface area contributed by atoms with Gasteiger partial charge in [-0.3, -0.25) is 10.3 Å². The van der Waals surface area contributed by atoms with Gasteiger partial charge in [-0.15, -0.1) is 0 Å². The van der Waals surface area contributed by atoms with E-state index >= 15 is 0 Å². The van der Waals surface area contributed by atoms with E-state index in [1.165, 1.54) is 101 Å². The summed E-state index contributed by atoms with van der Waals surface area (Å²) in [7, 11) is 0. The van der Waals surface area contributed by atoms with E-state index in [2.05, 4.69) is 43.0 Å². The van der Waals surface area contributed by atoms with Gasteiger partial charge in [0.15, 0.2) is 0 Å². The van der Waals surface area contributed by atoms with Crippen LogP contribution in [0.1, 0.15) is 185 Å². The molecule has 0 aliphatic carbocycles. The van der Waals surface area contributed by atoms with Gasteiger partial charge < -0.3 is 5.73 Å². The second kappa shape index (κ2) is 26.6. The third-order valence-corrected chi connectivity index (χ3v) is 9.01. The molecule has 1 aromatic carbocycles. The van der Waals surface area contributed by atoms with Gasteiger partial charge in [-0.05, 0) is 56.3 Å². The highest BCUT2D eigenvalue weighted by molar-refractivity contribution is 5.84. The summed E-state index contributed by atoms with van der Waals surface area (Å²) in [5.41, 5.74) is 8.84. The Balaban J connectivity index is 2.69. The predicted octanol–water partition coefficient (Wildman–Crippen LogP) is 12.5. The molecule has 3 N–H and O–H groups in total. The molecular formula is C38H68F3N3. The SMILES string of the molecule is CCCCCCCCCCN(CCCCCCCCCC)C(C(=N)N)c1ccccc1CCCCCCCCCC(F)(F)F. The summed E-state index contributed by atoms with van der Waals surface area (Å²) >= 11 is 0. The van der Waals surface area contributed by atoms with Crippen molar-refractivity contribution >= 4 is 5.84 Å². The molecule has 256 valence electrons. The highest BCUT2D eigenvalue weighted by Gasteiger charge is 2.26. The van der Waals surface area contributed by atoms with Crippen molar-refractivity contribution in [2.24, 2.45) is 5.73 Å². The van der Waals surface area contributed by atoms with E-state index in [0.29, 0.717) is 6.42 Å².